The molecule has 5 aromatic rings. The van der Waals surface area contributed by atoms with Crippen LogP contribution >= 0.6 is 0 Å². The number of allylic oxidation sites excluding steroid dienone is 5. The molecule has 210 valence electrons. The fourth-order valence-electron chi connectivity index (χ4n) is 6.93. The van der Waals surface area contributed by atoms with Gasteiger partial charge in [-0.1, -0.05) is 121 Å². The predicted octanol–water partition coefficient (Wildman–Crippen LogP) is 10.1. The summed E-state index contributed by atoms with van der Waals surface area (Å²) in [5.41, 5.74) is 12.2. The van der Waals surface area contributed by atoms with Crippen molar-refractivity contribution in [3.05, 3.63) is 167 Å². The fourth-order valence-corrected chi connectivity index (χ4v) is 6.93. The Morgan fingerprint density at radius 3 is 2.21 bits per heavy atom. The molecule has 1 saturated heterocycles. The van der Waals surface area contributed by atoms with Crippen molar-refractivity contribution in [3.8, 4) is 11.1 Å². The van der Waals surface area contributed by atoms with E-state index in [0.29, 0.717) is 0 Å². The van der Waals surface area contributed by atoms with Crippen LogP contribution in [0.4, 0.5) is 0 Å². The smallest absolute Gasteiger partial charge is 0.116 e. The molecule has 0 N–H and O–H groups in total. The summed E-state index contributed by atoms with van der Waals surface area (Å²) in [7, 11) is 0. The summed E-state index contributed by atoms with van der Waals surface area (Å²) in [5, 5.41) is 7.81. The largest absolute Gasteiger partial charge is 0.212 e. The van der Waals surface area contributed by atoms with E-state index in [-0.39, 0.29) is 6.17 Å². The quantitative estimate of drug-likeness (QED) is 0.184. The van der Waals surface area contributed by atoms with Crippen LogP contribution in [0.3, 0.4) is 0 Å². The number of aryl methyl sites for hydroxylation is 1. The molecular weight excluding hydrogens is 520 g/mol. The van der Waals surface area contributed by atoms with Crippen molar-refractivity contribution < 1.29 is 0 Å². The van der Waals surface area contributed by atoms with Gasteiger partial charge in [0.1, 0.15) is 6.17 Å². The molecule has 2 heteroatoms. The zero-order valence-corrected chi connectivity index (χ0v) is 24.5. The van der Waals surface area contributed by atoms with E-state index in [9.17, 15) is 0 Å². The van der Waals surface area contributed by atoms with Crippen molar-refractivity contribution in [1.29, 1.82) is 0 Å². The lowest BCUT2D eigenvalue weighted by Gasteiger charge is -2.14. The molecule has 0 amide bonds. The SMILES string of the molecule is C1=CCCC(c2cccc(-c3cccc(C[N@]4C(c5cccc6cc7c(cc56)C=CCC7)[N@]4Cc4ccccc4)c3)c2)=C1. The third-order valence-corrected chi connectivity index (χ3v) is 9.21. The van der Waals surface area contributed by atoms with Crippen LogP contribution in [0, 0.1) is 0 Å². The van der Waals surface area contributed by atoms with Crippen LogP contribution in [-0.4, -0.2) is 10.0 Å². The number of fused-ring (bicyclic) bond motifs is 2. The lowest BCUT2D eigenvalue weighted by Crippen LogP contribution is -2.07. The summed E-state index contributed by atoms with van der Waals surface area (Å²) >= 11 is 0. The Kier molecular flexibility index (Phi) is 6.87. The molecule has 1 unspecified atom stereocenters. The topological polar surface area (TPSA) is 6.02 Å². The van der Waals surface area contributed by atoms with Crippen LogP contribution in [0.15, 0.2) is 133 Å². The van der Waals surface area contributed by atoms with Crippen LogP contribution in [0.2, 0.25) is 0 Å². The monoisotopic (exact) mass is 556 g/mol. The average molecular weight is 557 g/mol. The van der Waals surface area contributed by atoms with E-state index in [1.165, 1.54) is 60.9 Å². The Morgan fingerprint density at radius 2 is 1.35 bits per heavy atom. The van der Waals surface area contributed by atoms with Gasteiger partial charge in [-0.15, -0.1) is 0 Å². The van der Waals surface area contributed by atoms with Crippen LogP contribution in [0.5, 0.6) is 0 Å². The number of hydrogen-bond acceptors (Lipinski definition) is 2. The van der Waals surface area contributed by atoms with Gasteiger partial charge in [0.25, 0.3) is 0 Å². The van der Waals surface area contributed by atoms with Crippen molar-refractivity contribution >= 4 is 22.4 Å². The Balaban J connectivity index is 1.12. The van der Waals surface area contributed by atoms with Crippen molar-refractivity contribution in [2.75, 3.05) is 0 Å². The van der Waals surface area contributed by atoms with E-state index >= 15 is 0 Å². The van der Waals surface area contributed by atoms with Gasteiger partial charge in [-0.25, -0.2) is 10.0 Å². The van der Waals surface area contributed by atoms with Gasteiger partial charge in [-0.3, -0.25) is 0 Å². The zero-order valence-electron chi connectivity index (χ0n) is 24.5. The maximum absolute atomic E-state index is 2.55. The average Bonchev–Trinajstić information content (AvgIpc) is 3.74. The van der Waals surface area contributed by atoms with E-state index < -0.39 is 0 Å². The van der Waals surface area contributed by atoms with E-state index in [1.807, 2.05) is 0 Å². The first-order valence-corrected chi connectivity index (χ1v) is 15.6. The number of hydrazine groups is 1. The molecule has 1 heterocycles. The number of rotatable bonds is 7. The third kappa shape index (κ3) is 5.29. The molecule has 2 nitrogen and oxygen atoms in total. The van der Waals surface area contributed by atoms with Gasteiger partial charge >= 0.3 is 0 Å². The third-order valence-electron chi connectivity index (χ3n) is 9.21. The van der Waals surface area contributed by atoms with Gasteiger partial charge in [0.15, 0.2) is 0 Å². The normalized spacial score (nSPS) is 20.6. The predicted molar refractivity (Wildman–Crippen MR) is 180 cm³/mol. The van der Waals surface area contributed by atoms with Crippen LogP contribution in [-0.2, 0) is 19.5 Å². The second-order valence-electron chi connectivity index (χ2n) is 12.1. The Bertz CT molecular complexity index is 1890. The second kappa shape index (κ2) is 11.3. The summed E-state index contributed by atoms with van der Waals surface area (Å²) in [6.45, 7) is 1.78. The maximum atomic E-state index is 2.55. The van der Waals surface area contributed by atoms with Crippen LogP contribution in [0.1, 0.15) is 58.8 Å². The molecule has 0 radical (unpaired) electrons. The Labute approximate surface area is 254 Å². The Hall–Kier alpha value is -4.50. The Morgan fingerprint density at radius 1 is 0.605 bits per heavy atom. The lowest BCUT2D eigenvalue weighted by molar-refractivity contribution is 0.293. The molecule has 3 atom stereocenters. The molecule has 0 spiro atoms. The van der Waals surface area contributed by atoms with Crippen molar-refractivity contribution in [2.45, 2.75) is 44.9 Å². The summed E-state index contributed by atoms with van der Waals surface area (Å²) in [6, 6.07) is 40.8. The van der Waals surface area contributed by atoms with E-state index in [2.05, 4.69) is 150 Å². The number of hydrogen-bond donors (Lipinski definition) is 0. The second-order valence-corrected chi connectivity index (χ2v) is 12.1. The van der Waals surface area contributed by atoms with Gasteiger partial charge in [0.2, 0.25) is 0 Å². The molecule has 0 aromatic heterocycles. The van der Waals surface area contributed by atoms with Gasteiger partial charge in [0, 0.05) is 13.1 Å². The van der Waals surface area contributed by atoms with Crippen molar-refractivity contribution in [1.82, 2.24) is 10.0 Å². The molecule has 2 aliphatic carbocycles. The molecule has 3 aliphatic rings. The van der Waals surface area contributed by atoms with Crippen LogP contribution in [0.25, 0.3) is 33.5 Å². The van der Waals surface area contributed by atoms with Gasteiger partial charge in [-0.2, -0.15) is 0 Å². The van der Waals surface area contributed by atoms with E-state index in [0.717, 1.165) is 38.8 Å². The van der Waals surface area contributed by atoms with Crippen LogP contribution < -0.4 is 0 Å². The summed E-state index contributed by atoms with van der Waals surface area (Å²) < 4.78 is 0. The molecular formula is C41H36N2. The molecule has 0 saturated carbocycles. The van der Waals surface area contributed by atoms with Gasteiger partial charge < -0.3 is 0 Å². The zero-order chi connectivity index (χ0) is 28.6. The van der Waals surface area contributed by atoms with Gasteiger partial charge in [-0.05, 0) is 105 Å². The first-order valence-electron chi connectivity index (χ1n) is 15.6. The summed E-state index contributed by atoms with van der Waals surface area (Å²) in [6.07, 6.45) is 16.1. The highest BCUT2D eigenvalue weighted by molar-refractivity contribution is 5.90. The molecule has 1 fully saturated rings. The van der Waals surface area contributed by atoms with E-state index in [1.54, 1.807) is 0 Å². The molecule has 1 aliphatic heterocycles. The highest BCUT2D eigenvalue weighted by Gasteiger charge is 2.46. The molecule has 0 bridgehead atoms. The summed E-state index contributed by atoms with van der Waals surface area (Å²) in [4.78, 5) is 0. The standard InChI is InChI=1S/C41H36N2/c1-3-12-30(13-4-1)28-42-41(39-23-11-22-38-26-35-17-7-8-18-37(35)27-40(38)39)43(42)29-31-14-9-19-33(24-31)36-21-10-20-34(25-36)32-15-5-2-6-16-32/h1-5,8-15,18-27,41H,6-7,16-17,28-29H2/t41?,42-,43+/m0/s1. The van der Waals surface area contributed by atoms with Gasteiger partial charge in [0.05, 0.1) is 0 Å². The van der Waals surface area contributed by atoms with Crippen molar-refractivity contribution in [3.63, 3.8) is 0 Å². The lowest BCUT2D eigenvalue weighted by atomic mass is 9.92. The summed E-state index contributed by atoms with van der Waals surface area (Å²) in [5.74, 6) is 0. The first-order chi connectivity index (χ1) is 21.3. The number of benzene rings is 5. The molecule has 5 aromatic carbocycles. The first kappa shape index (κ1) is 26.2. The van der Waals surface area contributed by atoms with E-state index in [4.69, 9.17) is 0 Å². The molecule has 43 heavy (non-hydrogen) atoms. The minimum atomic E-state index is 0.243. The maximum Gasteiger partial charge on any atom is 0.116 e. The highest BCUT2D eigenvalue weighted by Crippen LogP contribution is 2.47. The minimum Gasteiger partial charge on any atom is -0.212 e. The highest BCUT2D eigenvalue weighted by atomic mass is 15.9. The number of nitrogens with zero attached hydrogens (tertiary/aromatic N) is 2. The van der Waals surface area contributed by atoms with Crippen molar-refractivity contribution in [2.24, 2.45) is 0 Å². The fraction of sp³-hybridized carbons (Fsp3) is 0.171. The molecule has 8 rings (SSSR count). The minimum absolute atomic E-state index is 0.243.